The first-order chi connectivity index (χ1) is 15.0. The number of nitrogens with two attached hydrogens (primary N) is 1. The van der Waals surface area contributed by atoms with Crippen LogP contribution in [0.25, 0.3) is 0 Å². The molecule has 2 fully saturated rings. The molecule has 2 aliphatic heterocycles. The predicted octanol–water partition coefficient (Wildman–Crippen LogP) is 7.44. The standard InChI is InChI=1S/C27H56N3P/c1-5-7-8-9-10-11-12-13-14-15-22(3)16-17-26-25(6-2)30(26)29-19-18-24-20-23(4)31-27(28)21-24/h22-27,29,31H,5-21,28H2,1-4H3. The van der Waals surface area contributed by atoms with Gasteiger partial charge in [0.25, 0.3) is 0 Å². The van der Waals surface area contributed by atoms with Crippen LogP contribution in [0.2, 0.25) is 0 Å². The van der Waals surface area contributed by atoms with Gasteiger partial charge in [0, 0.05) is 24.4 Å². The molecule has 0 amide bonds. The summed E-state index contributed by atoms with van der Waals surface area (Å²) in [6.45, 7) is 10.7. The van der Waals surface area contributed by atoms with Crippen LogP contribution in [0, 0.1) is 11.8 Å². The van der Waals surface area contributed by atoms with Gasteiger partial charge in [0.1, 0.15) is 0 Å². The van der Waals surface area contributed by atoms with Crippen molar-refractivity contribution in [2.45, 2.75) is 154 Å². The number of nitrogens with one attached hydrogen (secondary N) is 1. The van der Waals surface area contributed by atoms with Crippen molar-refractivity contribution >= 4 is 8.58 Å². The monoisotopic (exact) mass is 453 g/mol. The first kappa shape index (κ1) is 27.6. The molecule has 8 atom stereocenters. The molecule has 0 radical (unpaired) electrons. The fourth-order valence-electron chi connectivity index (χ4n) is 5.86. The van der Waals surface area contributed by atoms with Crippen LogP contribution < -0.4 is 11.2 Å². The molecule has 0 aromatic carbocycles. The zero-order chi connectivity index (χ0) is 22.5. The van der Waals surface area contributed by atoms with Gasteiger partial charge in [0.05, 0.1) is 0 Å². The normalized spacial score (nSPS) is 32.4. The zero-order valence-corrected chi connectivity index (χ0v) is 22.5. The summed E-state index contributed by atoms with van der Waals surface area (Å²) in [7, 11) is 0.983. The average Bonchev–Trinajstić information content (AvgIpc) is 3.41. The summed E-state index contributed by atoms with van der Waals surface area (Å²) in [5, 5.41) is 2.58. The molecule has 8 unspecified atom stereocenters. The van der Waals surface area contributed by atoms with Gasteiger partial charge in [-0.3, -0.25) is 5.43 Å². The molecule has 4 heteroatoms. The SMILES string of the molecule is CCCCCCCCCCCC(C)CCC1C(CC)N1NCCC1CC(C)PC(N)C1. The topological polar surface area (TPSA) is 41.1 Å². The van der Waals surface area contributed by atoms with E-state index in [0.29, 0.717) is 5.78 Å². The average molecular weight is 454 g/mol. The van der Waals surface area contributed by atoms with Crippen molar-refractivity contribution in [1.29, 1.82) is 0 Å². The maximum atomic E-state index is 6.26. The van der Waals surface area contributed by atoms with Crippen LogP contribution in [0.1, 0.15) is 130 Å². The minimum atomic E-state index is 0.471. The van der Waals surface area contributed by atoms with Gasteiger partial charge in [-0.05, 0) is 56.0 Å². The van der Waals surface area contributed by atoms with Gasteiger partial charge in [-0.15, -0.1) is 8.58 Å². The largest absolute Gasteiger partial charge is 0.324 e. The highest BCUT2D eigenvalue weighted by atomic mass is 31.1. The summed E-state index contributed by atoms with van der Waals surface area (Å²) in [4.78, 5) is 0. The molecule has 2 rings (SSSR count). The lowest BCUT2D eigenvalue weighted by Gasteiger charge is -2.31. The highest BCUT2D eigenvalue weighted by Gasteiger charge is 2.45. The van der Waals surface area contributed by atoms with Gasteiger partial charge >= 0.3 is 0 Å². The van der Waals surface area contributed by atoms with Gasteiger partial charge in [0.2, 0.25) is 0 Å². The van der Waals surface area contributed by atoms with Crippen LogP contribution in [-0.4, -0.2) is 35.1 Å². The fourth-order valence-corrected chi connectivity index (χ4v) is 7.53. The number of hydrazine groups is 1. The third-order valence-corrected chi connectivity index (χ3v) is 9.33. The lowest BCUT2D eigenvalue weighted by Crippen LogP contribution is -2.31. The summed E-state index contributed by atoms with van der Waals surface area (Å²) in [6.07, 6.45) is 22.5. The molecule has 0 saturated carbocycles. The summed E-state index contributed by atoms with van der Waals surface area (Å²) in [5.74, 6) is 2.21. The first-order valence-corrected chi connectivity index (χ1v) is 15.2. The zero-order valence-electron chi connectivity index (χ0n) is 21.5. The van der Waals surface area contributed by atoms with E-state index >= 15 is 0 Å². The Kier molecular flexibility index (Phi) is 14.2. The highest BCUT2D eigenvalue weighted by Crippen LogP contribution is 2.39. The van der Waals surface area contributed by atoms with Gasteiger partial charge < -0.3 is 5.73 Å². The van der Waals surface area contributed by atoms with E-state index in [1.54, 1.807) is 0 Å². The predicted molar refractivity (Wildman–Crippen MR) is 141 cm³/mol. The van der Waals surface area contributed by atoms with Crippen LogP contribution in [0.4, 0.5) is 0 Å². The Bertz CT molecular complexity index is 436. The Morgan fingerprint density at radius 3 is 2.23 bits per heavy atom. The Balaban J connectivity index is 1.47. The van der Waals surface area contributed by atoms with Crippen molar-refractivity contribution in [3.63, 3.8) is 0 Å². The van der Waals surface area contributed by atoms with E-state index in [0.717, 1.165) is 44.7 Å². The van der Waals surface area contributed by atoms with E-state index in [-0.39, 0.29) is 0 Å². The molecular formula is C27H56N3P. The molecule has 0 spiro atoms. The van der Waals surface area contributed by atoms with Crippen LogP contribution in [0.15, 0.2) is 0 Å². The summed E-state index contributed by atoms with van der Waals surface area (Å²) >= 11 is 0. The molecule has 0 aromatic heterocycles. The van der Waals surface area contributed by atoms with Crippen molar-refractivity contribution in [3.8, 4) is 0 Å². The van der Waals surface area contributed by atoms with E-state index in [4.69, 9.17) is 5.73 Å². The van der Waals surface area contributed by atoms with E-state index in [9.17, 15) is 0 Å². The van der Waals surface area contributed by atoms with Gasteiger partial charge in [-0.25, -0.2) is 5.01 Å². The molecule has 31 heavy (non-hydrogen) atoms. The number of rotatable bonds is 18. The molecule has 2 aliphatic rings. The smallest absolute Gasteiger partial charge is 0.0417 e. The molecule has 3 nitrogen and oxygen atoms in total. The van der Waals surface area contributed by atoms with E-state index < -0.39 is 0 Å². The molecule has 3 N–H and O–H groups in total. The van der Waals surface area contributed by atoms with Crippen molar-refractivity contribution in [2.24, 2.45) is 17.6 Å². The van der Waals surface area contributed by atoms with Crippen molar-refractivity contribution in [3.05, 3.63) is 0 Å². The minimum absolute atomic E-state index is 0.471. The Morgan fingerprint density at radius 1 is 0.903 bits per heavy atom. The molecular weight excluding hydrogens is 397 g/mol. The first-order valence-electron chi connectivity index (χ1n) is 14.1. The van der Waals surface area contributed by atoms with Gasteiger partial charge in [-0.1, -0.05) is 91.9 Å². The molecule has 2 saturated heterocycles. The maximum Gasteiger partial charge on any atom is 0.0417 e. The third-order valence-electron chi connectivity index (χ3n) is 7.86. The highest BCUT2D eigenvalue weighted by molar-refractivity contribution is 7.39. The third kappa shape index (κ3) is 11.3. The second-order valence-electron chi connectivity index (χ2n) is 11.0. The molecule has 0 aromatic rings. The van der Waals surface area contributed by atoms with E-state index in [1.165, 1.54) is 103 Å². The Morgan fingerprint density at radius 2 is 1.58 bits per heavy atom. The van der Waals surface area contributed by atoms with Crippen molar-refractivity contribution < 1.29 is 0 Å². The minimum Gasteiger partial charge on any atom is -0.324 e. The van der Waals surface area contributed by atoms with Gasteiger partial charge in [0.15, 0.2) is 0 Å². The lowest BCUT2D eigenvalue weighted by atomic mass is 9.95. The Labute approximate surface area is 197 Å². The molecule has 2 heterocycles. The molecule has 0 bridgehead atoms. The Hall–Kier alpha value is 0.310. The van der Waals surface area contributed by atoms with Crippen LogP contribution >= 0.6 is 8.58 Å². The van der Waals surface area contributed by atoms with Crippen LogP contribution in [0.5, 0.6) is 0 Å². The van der Waals surface area contributed by atoms with Crippen LogP contribution in [0.3, 0.4) is 0 Å². The second-order valence-corrected chi connectivity index (χ2v) is 13.0. The molecule has 0 aliphatic carbocycles. The number of hydrogen-bond donors (Lipinski definition) is 2. The summed E-state index contributed by atoms with van der Waals surface area (Å²) in [6, 6.07) is 1.58. The van der Waals surface area contributed by atoms with Crippen molar-refractivity contribution in [2.75, 3.05) is 6.54 Å². The van der Waals surface area contributed by atoms with E-state index in [1.807, 2.05) is 0 Å². The molecule has 184 valence electrons. The lowest BCUT2D eigenvalue weighted by molar-refractivity contribution is 0.300. The fraction of sp³-hybridized carbons (Fsp3) is 1.00. The van der Waals surface area contributed by atoms with E-state index in [2.05, 4.69) is 38.1 Å². The number of unbranched alkanes of at least 4 members (excludes halogenated alkanes) is 8. The maximum absolute atomic E-state index is 6.26. The number of hydrogen-bond acceptors (Lipinski definition) is 3. The quantitative estimate of drug-likeness (QED) is 0.129. The summed E-state index contributed by atoms with van der Waals surface area (Å²) in [5.41, 5.74) is 10.9. The second kappa shape index (κ2) is 16.0. The van der Waals surface area contributed by atoms with Crippen molar-refractivity contribution in [1.82, 2.24) is 10.4 Å². The summed E-state index contributed by atoms with van der Waals surface area (Å²) < 4.78 is 0. The van der Waals surface area contributed by atoms with Gasteiger partial charge in [-0.2, -0.15) is 0 Å². The van der Waals surface area contributed by atoms with Crippen LogP contribution in [-0.2, 0) is 0 Å². The number of nitrogens with zero attached hydrogens (tertiary/aromatic N) is 1.